The van der Waals surface area contributed by atoms with Crippen molar-refractivity contribution in [3.8, 4) is 17.0 Å². The third-order valence-corrected chi connectivity index (χ3v) is 3.13. The summed E-state index contributed by atoms with van der Waals surface area (Å²) in [5.41, 5.74) is 10.1. The molecule has 0 radical (unpaired) electrons. The molecule has 0 spiro atoms. The van der Waals surface area contributed by atoms with Crippen LogP contribution in [0.15, 0.2) is 24.4 Å². The summed E-state index contributed by atoms with van der Waals surface area (Å²) < 4.78 is 5.60. The molecule has 4 heteroatoms. The van der Waals surface area contributed by atoms with Gasteiger partial charge in [-0.15, -0.1) is 0 Å². The van der Waals surface area contributed by atoms with Crippen molar-refractivity contribution >= 4 is 0 Å². The van der Waals surface area contributed by atoms with Crippen LogP contribution in [0.3, 0.4) is 0 Å². The quantitative estimate of drug-likeness (QED) is 0.826. The van der Waals surface area contributed by atoms with Gasteiger partial charge in [-0.25, -0.2) is 0 Å². The van der Waals surface area contributed by atoms with E-state index in [9.17, 15) is 0 Å². The average Bonchev–Trinajstić information content (AvgIpc) is 2.86. The molecule has 1 aliphatic rings. The average molecular weight is 229 g/mol. The van der Waals surface area contributed by atoms with Crippen LogP contribution in [0.25, 0.3) is 11.3 Å². The summed E-state index contributed by atoms with van der Waals surface area (Å²) in [5, 5.41) is 7.05. The van der Waals surface area contributed by atoms with Gasteiger partial charge in [-0.1, -0.05) is 0 Å². The highest BCUT2D eigenvalue weighted by Crippen LogP contribution is 2.30. The Labute approximate surface area is 99.8 Å². The van der Waals surface area contributed by atoms with Gasteiger partial charge in [-0.3, -0.25) is 5.10 Å². The lowest BCUT2D eigenvalue weighted by atomic mass is 10.0. The van der Waals surface area contributed by atoms with Gasteiger partial charge in [-0.05, 0) is 36.6 Å². The third kappa shape index (κ3) is 1.80. The maximum absolute atomic E-state index is 5.69. The third-order valence-electron chi connectivity index (χ3n) is 3.13. The molecule has 0 saturated carbocycles. The summed E-state index contributed by atoms with van der Waals surface area (Å²) in [6.07, 6.45) is 3.95. The molecule has 0 saturated heterocycles. The number of nitrogens with two attached hydrogens (primary N) is 1. The van der Waals surface area contributed by atoms with Gasteiger partial charge in [0, 0.05) is 17.7 Å². The first-order valence-electron chi connectivity index (χ1n) is 5.87. The van der Waals surface area contributed by atoms with Crippen molar-refractivity contribution < 1.29 is 4.74 Å². The Morgan fingerprint density at radius 3 is 3.24 bits per heavy atom. The number of hydrogen-bond donors (Lipinski definition) is 2. The Balaban J connectivity index is 2.04. The molecule has 1 aromatic heterocycles. The zero-order chi connectivity index (χ0) is 11.7. The number of rotatable bonds is 2. The van der Waals surface area contributed by atoms with Gasteiger partial charge in [-0.2, -0.15) is 5.10 Å². The van der Waals surface area contributed by atoms with E-state index in [1.54, 1.807) is 6.20 Å². The molecule has 3 rings (SSSR count). The van der Waals surface area contributed by atoms with Crippen LogP contribution < -0.4 is 10.5 Å². The van der Waals surface area contributed by atoms with Gasteiger partial charge in [0.1, 0.15) is 5.75 Å². The summed E-state index contributed by atoms with van der Waals surface area (Å²) in [6.45, 7) is 1.32. The number of nitrogens with zero attached hydrogens (tertiary/aromatic N) is 1. The minimum Gasteiger partial charge on any atom is -0.493 e. The largest absolute Gasteiger partial charge is 0.493 e. The number of H-pyrrole nitrogens is 1. The highest BCUT2D eigenvalue weighted by atomic mass is 16.5. The molecule has 4 nitrogen and oxygen atoms in total. The second kappa shape index (κ2) is 4.22. The van der Waals surface area contributed by atoms with E-state index in [-0.39, 0.29) is 0 Å². The van der Waals surface area contributed by atoms with Gasteiger partial charge < -0.3 is 10.5 Å². The lowest BCUT2D eigenvalue weighted by Crippen LogP contribution is -2.08. The number of benzene rings is 1. The molecule has 0 fully saturated rings. The van der Waals surface area contributed by atoms with Crippen LogP contribution in [0, 0.1) is 0 Å². The zero-order valence-corrected chi connectivity index (χ0v) is 9.57. The van der Waals surface area contributed by atoms with Gasteiger partial charge in [0.25, 0.3) is 0 Å². The van der Waals surface area contributed by atoms with Gasteiger partial charge >= 0.3 is 0 Å². The van der Waals surface area contributed by atoms with Crippen molar-refractivity contribution in [2.75, 3.05) is 6.61 Å². The molecule has 0 amide bonds. The molecule has 1 aliphatic heterocycles. The van der Waals surface area contributed by atoms with Crippen molar-refractivity contribution in [3.05, 3.63) is 35.5 Å². The van der Waals surface area contributed by atoms with E-state index in [0.717, 1.165) is 42.0 Å². The Kier molecular flexibility index (Phi) is 2.57. The van der Waals surface area contributed by atoms with Crippen LogP contribution in [0.5, 0.6) is 5.75 Å². The number of fused-ring (bicyclic) bond motifs is 1. The maximum Gasteiger partial charge on any atom is 0.122 e. The van der Waals surface area contributed by atoms with Crippen molar-refractivity contribution in [3.63, 3.8) is 0 Å². The molecular weight excluding hydrogens is 214 g/mol. The molecule has 88 valence electrons. The predicted molar refractivity (Wildman–Crippen MR) is 65.7 cm³/mol. The molecular formula is C13H15N3O. The fourth-order valence-electron chi connectivity index (χ4n) is 2.23. The van der Waals surface area contributed by atoms with E-state index in [1.807, 2.05) is 6.07 Å². The summed E-state index contributed by atoms with van der Waals surface area (Å²) in [7, 11) is 0. The minimum absolute atomic E-state index is 0.499. The molecule has 0 bridgehead atoms. The zero-order valence-electron chi connectivity index (χ0n) is 9.57. The topological polar surface area (TPSA) is 63.9 Å². The van der Waals surface area contributed by atoms with Gasteiger partial charge in [0.2, 0.25) is 0 Å². The SMILES string of the molecule is NCc1cn[nH]c1-c1ccc2c(c1)CCCO2. The summed E-state index contributed by atoms with van der Waals surface area (Å²) >= 11 is 0. The second-order valence-electron chi connectivity index (χ2n) is 4.25. The van der Waals surface area contributed by atoms with Crippen LogP contribution in [0.1, 0.15) is 17.5 Å². The smallest absolute Gasteiger partial charge is 0.122 e. The van der Waals surface area contributed by atoms with Crippen LogP contribution in [-0.2, 0) is 13.0 Å². The molecule has 0 aliphatic carbocycles. The summed E-state index contributed by atoms with van der Waals surface area (Å²) in [4.78, 5) is 0. The standard InChI is InChI=1S/C13H15N3O/c14-7-11-8-15-16-13(11)10-3-4-12-9(6-10)2-1-5-17-12/h3-4,6,8H,1-2,5,7,14H2,(H,15,16). The Hall–Kier alpha value is -1.81. The number of aryl methyl sites for hydroxylation is 1. The Bertz CT molecular complexity index is 533. The summed E-state index contributed by atoms with van der Waals surface area (Å²) in [6, 6.07) is 6.25. The van der Waals surface area contributed by atoms with Gasteiger partial charge in [0.15, 0.2) is 0 Å². The highest BCUT2D eigenvalue weighted by molar-refractivity contribution is 5.65. The first-order valence-corrected chi connectivity index (χ1v) is 5.87. The molecule has 0 atom stereocenters. The predicted octanol–water partition coefficient (Wildman–Crippen LogP) is 1.86. The summed E-state index contributed by atoms with van der Waals surface area (Å²) in [5.74, 6) is 1.01. The molecule has 1 aromatic carbocycles. The van der Waals surface area contributed by atoms with E-state index in [0.29, 0.717) is 6.54 Å². The number of ether oxygens (including phenoxy) is 1. The highest BCUT2D eigenvalue weighted by Gasteiger charge is 2.13. The molecule has 2 aromatic rings. The lowest BCUT2D eigenvalue weighted by Gasteiger charge is -2.17. The molecule has 17 heavy (non-hydrogen) atoms. The number of aromatic nitrogens is 2. The maximum atomic E-state index is 5.69. The number of nitrogens with one attached hydrogen (secondary N) is 1. The Morgan fingerprint density at radius 2 is 2.35 bits per heavy atom. The van der Waals surface area contributed by atoms with Crippen LogP contribution in [0.2, 0.25) is 0 Å². The molecule has 3 N–H and O–H groups in total. The van der Waals surface area contributed by atoms with Crippen molar-refractivity contribution in [2.24, 2.45) is 5.73 Å². The van der Waals surface area contributed by atoms with Crippen LogP contribution in [-0.4, -0.2) is 16.8 Å². The normalized spacial score (nSPS) is 14.2. The van der Waals surface area contributed by atoms with Crippen LogP contribution >= 0.6 is 0 Å². The number of hydrogen-bond acceptors (Lipinski definition) is 3. The van der Waals surface area contributed by atoms with Crippen molar-refractivity contribution in [1.82, 2.24) is 10.2 Å². The van der Waals surface area contributed by atoms with E-state index in [2.05, 4.69) is 22.3 Å². The van der Waals surface area contributed by atoms with E-state index in [1.165, 1.54) is 5.56 Å². The van der Waals surface area contributed by atoms with Crippen LogP contribution in [0.4, 0.5) is 0 Å². The van der Waals surface area contributed by atoms with Crippen molar-refractivity contribution in [1.29, 1.82) is 0 Å². The second-order valence-corrected chi connectivity index (χ2v) is 4.25. The monoisotopic (exact) mass is 229 g/mol. The lowest BCUT2D eigenvalue weighted by molar-refractivity contribution is 0.288. The van der Waals surface area contributed by atoms with E-state index >= 15 is 0 Å². The first-order chi connectivity index (χ1) is 8.38. The Morgan fingerprint density at radius 1 is 1.41 bits per heavy atom. The fraction of sp³-hybridized carbons (Fsp3) is 0.308. The van der Waals surface area contributed by atoms with E-state index < -0.39 is 0 Å². The first kappa shape index (κ1) is 10.4. The van der Waals surface area contributed by atoms with E-state index in [4.69, 9.17) is 10.5 Å². The molecule has 0 unspecified atom stereocenters. The fourth-order valence-corrected chi connectivity index (χ4v) is 2.23. The number of aromatic amines is 1. The molecule has 2 heterocycles. The van der Waals surface area contributed by atoms with Crippen molar-refractivity contribution in [2.45, 2.75) is 19.4 Å². The minimum atomic E-state index is 0.499. The van der Waals surface area contributed by atoms with Gasteiger partial charge in [0.05, 0.1) is 18.5 Å².